The molecule has 2 aromatic rings. The molecule has 144 valence electrons. The van der Waals surface area contributed by atoms with Crippen LogP contribution < -0.4 is 27.2 Å². The Kier molecular flexibility index (Phi) is 5.29. The molecule has 8 nitrogen and oxygen atoms in total. The second kappa shape index (κ2) is 7.65. The fraction of sp³-hybridized carbons (Fsp3) is 0.389. The molecule has 0 saturated carbocycles. The molecule has 0 unspecified atom stereocenters. The summed E-state index contributed by atoms with van der Waals surface area (Å²) in [6.07, 6.45) is 2.94. The van der Waals surface area contributed by atoms with Crippen molar-refractivity contribution in [1.29, 1.82) is 0 Å². The van der Waals surface area contributed by atoms with E-state index in [-0.39, 0.29) is 17.2 Å². The number of benzene rings is 1. The molecule has 2 heterocycles. The van der Waals surface area contributed by atoms with Gasteiger partial charge in [-0.15, -0.1) is 0 Å². The number of nitrogen functional groups attached to an aromatic ring is 1. The minimum atomic E-state index is -0.673. The molecule has 1 fully saturated rings. The molecule has 0 aliphatic carbocycles. The van der Waals surface area contributed by atoms with Crippen molar-refractivity contribution in [3.8, 4) is 0 Å². The van der Waals surface area contributed by atoms with E-state index in [9.17, 15) is 18.8 Å². The van der Waals surface area contributed by atoms with Crippen LogP contribution in [0.3, 0.4) is 0 Å². The van der Waals surface area contributed by atoms with Gasteiger partial charge >= 0.3 is 5.69 Å². The van der Waals surface area contributed by atoms with Crippen LogP contribution in [0, 0.1) is 5.82 Å². The van der Waals surface area contributed by atoms with E-state index in [4.69, 9.17) is 5.73 Å². The maximum absolute atomic E-state index is 13.2. The minimum Gasteiger partial charge on any atom is -0.383 e. The van der Waals surface area contributed by atoms with E-state index in [2.05, 4.69) is 5.32 Å². The Morgan fingerprint density at radius 3 is 2.59 bits per heavy atom. The number of hydrogen-bond acceptors (Lipinski definition) is 5. The summed E-state index contributed by atoms with van der Waals surface area (Å²) in [4.78, 5) is 39.5. The molecule has 3 rings (SSSR count). The summed E-state index contributed by atoms with van der Waals surface area (Å²) >= 11 is 0. The molecule has 0 radical (unpaired) electrons. The molecule has 0 spiro atoms. The standard InChI is InChI=1S/C18H22FN5O3/c1-22-16(20)15(23-8-3-2-4-9-23)17(26)24(18(22)27)11-14(25)21-13-7-5-6-12(19)10-13/h5-7,10H,2-4,8-9,11,20H2,1H3,(H,21,25). The zero-order valence-corrected chi connectivity index (χ0v) is 15.1. The van der Waals surface area contributed by atoms with Gasteiger partial charge in [0.2, 0.25) is 5.91 Å². The Morgan fingerprint density at radius 1 is 1.22 bits per heavy atom. The Hall–Kier alpha value is -3.10. The number of nitrogens with zero attached hydrogens (tertiary/aromatic N) is 3. The third kappa shape index (κ3) is 3.86. The van der Waals surface area contributed by atoms with Gasteiger partial charge in [-0.05, 0) is 37.5 Å². The van der Waals surface area contributed by atoms with Crippen LogP contribution in [-0.4, -0.2) is 28.1 Å². The molecular formula is C18H22FN5O3. The van der Waals surface area contributed by atoms with Crippen LogP contribution in [0.5, 0.6) is 0 Å². The number of carbonyl (C=O) groups excluding carboxylic acids is 1. The van der Waals surface area contributed by atoms with E-state index in [1.165, 1.54) is 29.8 Å². The Balaban J connectivity index is 1.92. The summed E-state index contributed by atoms with van der Waals surface area (Å²) in [5.41, 5.74) is 5.25. The first-order valence-corrected chi connectivity index (χ1v) is 8.78. The third-order valence-corrected chi connectivity index (χ3v) is 4.65. The quantitative estimate of drug-likeness (QED) is 0.827. The van der Waals surface area contributed by atoms with Gasteiger partial charge in [-0.2, -0.15) is 0 Å². The molecule has 1 aromatic heterocycles. The number of amides is 1. The van der Waals surface area contributed by atoms with Crippen LogP contribution in [0.15, 0.2) is 33.9 Å². The summed E-state index contributed by atoms with van der Waals surface area (Å²) in [5.74, 6) is -1.01. The Bertz CT molecular complexity index is 976. The fourth-order valence-corrected chi connectivity index (χ4v) is 3.23. The van der Waals surface area contributed by atoms with Crippen LogP contribution in [0.25, 0.3) is 0 Å². The number of halogens is 1. The second-order valence-corrected chi connectivity index (χ2v) is 6.57. The van der Waals surface area contributed by atoms with Crippen molar-refractivity contribution in [2.45, 2.75) is 25.8 Å². The largest absolute Gasteiger partial charge is 0.383 e. The van der Waals surface area contributed by atoms with Crippen molar-refractivity contribution < 1.29 is 9.18 Å². The molecule has 1 aromatic carbocycles. The molecule has 1 amide bonds. The van der Waals surface area contributed by atoms with E-state index in [0.29, 0.717) is 13.1 Å². The number of rotatable bonds is 4. The normalized spacial score (nSPS) is 14.2. The van der Waals surface area contributed by atoms with Crippen molar-refractivity contribution in [3.05, 3.63) is 50.9 Å². The Labute approximate surface area is 155 Å². The first-order valence-electron chi connectivity index (χ1n) is 8.78. The number of piperidine rings is 1. The van der Waals surface area contributed by atoms with Crippen molar-refractivity contribution in [2.75, 3.05) is 29.0 Å². The van der Waals surface area contributed by atoms with Gasteiger partial charge in [0, 0.05) is 25.8 Å². The number of hydrogen-bond donors (Lipinski definition) is 2. The van der Waals surface area contributed by atoms with E-state index in [0.717, 1.165) is 29.9 Å². The summed E-state index contributed by atoms with van der Waals surface area (Å²) < 4.78 is 15.3. The number of nitrogens with one attached hydrogen (secondary N) is 1. The highest BCUT2D eigenvalue weighted by molar-refractivity contribution is 5.90. The predicted molar refractivity (Wildman–Crippen MR) is 101 cm³/mol. The molecule has 1 aliphatic heterocycles. The van der Waals surface area contributed by atoms with Gasteiger partial charge in [0.1, 0.15) is 23.9 Å². The van der Waals surface area contributed by atoms with E-state index < -0.39 is 29.5 Å². The first-order chi connectivity index (χ1) is 12.9. The maximum Gasteiger partial charge on any atom is 0.332 e. The maximum atomic E-state index is 13.2. The SMILES string of the molecule is Cn1c(N)c(N2CCCCC2)c(=O)n(CC(=O)Nc2cccc(F)c2)c1=O. The van der Waals surface area contributed by atoms with Gasteiger partial charge in [-0.3, -0.25) is 14.2 Å². The monoisotopic (exact) mass is 375 g/mol. The molecule has 0 bridgehead atoms. The molecule has 0 atom stereocenters. The van der Waals surface area contributed by atoms with Gasteiger partial charge in [-0.1, -0.05) is 6.07 Å². The smallest absolute Gasteiger partial charge is 0.332 e. The molecule has 1 saturated heterocycles. The first kappa shape index (κ1) is 18.7. The lowest BCUT2D eigenvalue weighted by molar-refractivity contribution is -0.116. The van der Waals surface area contributed by atoms with Crippen molar-refractivity contribution in [3.63, 3.8) is 0 Å². The van der Waals surface area contributed by atoms with E-state index in [1.54, 1.807) is 0 Å². The Morgan fingerprint density at radius 2 is 1.93 bits per heavy atom. The molecular weight excluding hydrogens is 353 g/mol. The average molecular weight is 375 g/mol. The molecule has 3 N–H and O–H groups in total. The lowest BCUT2D eigenvalue weighted by Gasteiger charge is -2.29. The van der Waals surface area contributed by atoms with E-state index in [1.807, 2.05) is 4.90 Å². The number of carbonyl (C=O) groups is 1. The number of aromatic nitrogens is 2. The second-order valence-electron chi connectivity index (χ2n) is 6.57. The highest BCUT2D eigenvalue weighted by Crippen LogP contribution is 2.20. The molecule has 27 heavy (non-hydrogen) atoms. The van der Waals surface area contributed by atoms with Crippen LogP contribution in [0.2, 0.25) is 0 Å². The zero-order valence-electron chi connectivity index (χ0n) is 15.1. The average Bonchev–Trinajstić information content (AvgIpc) is 2.65. The summed E-state index contributed by atoms with van der Waals surface area (Å²) in [7, 11) is 1.46. The fourth-order valence-electron chi connectivity index (χ4n) is 3.23. The van der Waals surface area contributed by atoms with Crippen LogP contribution in [0.4, 0.5) is 21.6 Å². The molecule has 1 aliphatic rings. The summed E-state index contributed by atoms with van der Waals surface area (Å²) in [6, 6.07) is 5.37. The number of nitrogens with two attached hydrogens (primary N) is 1. The van der Waals surface area contributed by atoms with Gasteiger partial charge in [0.05, 0.1) is 0 Å². The topological polar surface area (TPSA) is 102 Å². The zero-order chi connectivity index (χ0) is 19.6. The van der Waals surface area contributed by atoms with Gasteiger partial charge in [0.25, 0.3) is 5.56 Å². The van der Waals surface area contributed by atoms with Gasteiger partial charge in [0.15, 0.2) is 0 Å². The third-order valence-electron chi connectivity index (χ3n) is 4.65. The van der Waals surface area contributed by atoms with E-state index >= 15 is 0 Å². The lowest BCUT2D eigenvalue weighted by atomic mass is 10.1. The van der Waals surface area contributed by atoms with Crippen LogP contribution in [0.1, 0.15) is 19.3 Å². The van der Waals surface area contributed by atoms with Crippen molar-refractivity contribution >= 4 is 23.1 Å². The van der Waals surface area contributed by atoms with Crippen molar-refractivity contribution in [1.82, 2.24) is 9.13 Å². The van der Waals surface area contributed by atoms with Crippen LogP contribution >= 0.6 is 0 Å². The highest BCUT2D eigenvalue weighted by atomic mass is 19.1. The minimum absolute atomic E-state index is 0.0914. The predicted octanol–water partition coefficient (Wildman–Crippen LogP) is 0.897. The summed E-state index contributed by atoms with van der Waals surface area (Å²) in [5, 5.41) is 2.49. The number of anilines is 3. The lowest BCUT2D eigenvalue weighted by Crippen LogP contribution is -2.46. The highest BCUT2D eigenvalue weighted by Gasteiger charge is 2.23. The van der Waals surface area contributed by atoms with Crippen molar-refractivity contribution in [2.24, 2.45) is 7.05 Å². The summed E-state index contributed by atoms with van der Waals surface area (Å²) in [6.45, 7) is 0.864. The van der Waals surface area contributed by atoms with Crippen LogP contribution in [-0.2, 0) is 18.4 Å². The molecule has 9 heteroatoms. The van der Waals surface area contributed by atoms with Gasteiger partial charge in [-0.25, -0.2) is 13.8 Å². The van der Waals surface area contributed by atoms with Gasteiger partial charge < -0.3 is 16.0 Å².